The van der Waals surface area contributed by atoms with Gasteiger partial charge >= 0.3 is 0 Å². The maximum atomic E-state index is 12.8. The molecule has 0 aromatic carbocycles. The van der Waals surface area contributed by atoms with Crippen molar-refractivity contribution in [3.8, 4) is 0 Å². The zero-order valence-electron chi connectivity index (χ0n) is 15.4. The highest BCUT2D eigenvalue weighted by molar-refractivity contribution is 7.09. The van der Waals surface area contributed by atoms with Crippen LogP contribution in [0.15, 0.2) is 23.4 Å². The molecule has 2 aliphatic heterocycles. The Morgan fingerprint density at radius 2 is 2.27 bits per heavy atom. The average molecular weight is 376 g/mol. The predicted octanol–water partition coefficient (Wildman–Crippen LogP) is 2.82. The standard InChI is InChI=1S/C20H29N3O2S/c24-18-6-9-22(12-17-11-21-15-26-17)13-20(18)7-3-8-23(14-20)19(25)10-16-4-1-2-5-16/h4,11,15,18,24H,1-3,5-10,12-14H2/t18-,20-/m1/s1. The molecule has 0 saturated carbocycles. The minimum absolute atomic E-state index is 0.166. The van der Waals surface area contributed by atoms with Crippen molar-refractivity contribution in [1.82, 2.24) is 14.8 Å². The molecule has 1 amide bonds. The van der Waals surface area contributed by atoms with E-state index in [1.165, 1.54) is 16.9 Å². The zero-order chi connectivity index (χ0) is 18.0. The molecular weight excluding hydrogens is 346 g/mol. The van der Waals surface area contributed by atoms with Gasteiger partial charge in [0, 0.05) is 55.6 Å². The number of hydrogen-bond acceptors (Lipinski definition) is 5. The number of carbonyl (C=O) groups excluding carboxylic acids is 1. The first-order valence-corrected chi connectivity index (χ1v) is 10.8. The summed E-state index contributed by atoms with van der Waals surface area (Å²) in [6, 6.07) is 0. The molecule has 1 spiro atoms. The summed E-state index contributed by atoms with van der Waals surface area (Å²) in [6.07, 6.45) is 10.7. The van der Waals surface area contributed by atoms with Gasteiger partial charge in [-0.05, 0) is 38.5 Å². The van der Waals surface area contributed by atoms with E-state index in [2.05, 4.69) is 16.0 Å². The minimum Gasteiger partial charge on any atom is -0.392 e. The van der Waals surface area contributed by atoms with Crippen molar-refractivity contribution < 1.29 is 9.90 Å². The lowest BCUT2D eigenvalue weighted by Crippen LogP contribution is -2.59. The second-order valence-electron chi connectivity index (χ2n) is 8.20. The second-order valence-corrected chi connectivity index (χ2v) is 9.17. The third-order valence-corrected chi connectivity index (χ3v) is 7.07. The van der Waals surface area contributed by atoms with Gasteiger partial charge in [0.05, 0.1) is 11.6 Å². The number of likely N-dealkylation sites (tertiary alicyclic amines) is 2. The molecule has 2 saturated heterocycles. The number of amides is 1. The highest BCUT2D eigenvalue weighted by Gasteiger charge is 2.46. The molecule has 0 bridgehead atoms. The van der Waals surface area contributed by atoms with Crippen LogP contribution in [-0.4, -0.2) is 58.1 Å². The molecule has 2 fully saturated rings. The van der Waals surface area contributed by atoms with Gasteiger partial charge in [-0.15, -0.1) is 11.3 Å². The first kappa shape index (κ1) is 18.1. The predicted molar refractivity (Wildman–Crippen MR) is 103 cm³/mol. The Morgan fingerprint density at radius 1 is 1.35 bits per heavy atom. The van der Waals surface area contributed by atoms with Gasteiger partial charge in [-0.3, -0.25) is 14.7 Å². The molecule has 5 nitrogen and oxygen atoms in total. The highest BCUT2D eigenvalue weighted by Crippen LogP contribution is 2.39. The first-order chi connectivity index (χ1) is 12.6. The van der Waals surface area contributed by atoms with E-state index in [4.69, 9.17) is 0 Å². The van der Waals surface area contributed by atoms with Crippen LogP contribution in [0.4, 0.5) is 0 Å². The van der Waals surface area contributed by atoms with Crippen LogP contribution in [0.25, 0.3) is 0 Å². The molecule has 1 aromatic heterocycles. The quantitative estimate of drug-likeness (QED) is 0.822. The second kappa shape index (κ2) is 7.79. The van der Waals surface area contributed by atoms with Crippen molar-refractivity contribution in [2.45, 2.75) is 57.6 Å². The third-order valence-electron chi connectivity index (χ3n) is 6.30. The number of piperidine rings is 2. The number of carbonyl (C=O) groups is 1. The Balaban J connectivity index is 1.42. The fourth-order valence-corrected chi connectivity index (χ4v) is 5.53. The number of thiazole rings is 1. The van der Waals surface area contributed by atoms with E-state index in [0.717, 1.165) is 58.3 Å². The molecule has 6 heteroatoms. The lowest BCUT2D eigenvalue weighted by Gasteiger charge is -2.51. The van der Waals surface area contributed by atoms with Crippen LogP contribution < -0.4 is 0 Å². The number of aliphatic hydroxyl groups is 1. The van der Waals surface area contributed by atoms with Gasteiger partial charge < -0.3 is 10.0 Å². The van der Waals surface area contributed by atoms with Crippen molar-refractivity contribution in [3.05, 3.63) is 28.2 Å². The van der Waals surface area contributed by atoms with Crippen molar-refractivity contribution in [2.24, 2.45) is 5.41 Å². The molecular formula is C20H29N3O2S. The summed E-state index contributed by atoms with van der Waals surface area (Å²) >= 11 is 1.69. The van der Waals surface area contributed by atoms with Gasteiger partial charge in [-0.25, -0.2) is 0 Å². The molecule has 2 atom stereocenters. The maximum Gasteiger partial charge on any atom is 0.226 e. The van der Waals surface area contributed by atoms with Crippen molar-refractivity contribution in [1.29, 1.82) is 0 Å². The normalized spacial score (nSPS) is 30.0. The molecule has 3 heterocycles. The smallest absolute Gasteiger partial charge is 0.226 e. The van der Waals surface area contributed by atoms with E-state index in [1.807, 2.05) is 16.6 Å². The first-order valence-electron chi connectivity index (χ1n) is 9.88. The van der Waals surface area contributed by atoms with Crippen molar-refractivity contribution in [2.75, 3.05) is 26.2 Å². The van der Waals surface area contributed by atoms with Crippen LogP contribution in [0, 0.1) is 5.41 Å². The largest absolute Gasteiger partial charge is 0.392 e. The van der Waals surface area contributed by atoms with Crippen molar-refractivity contribution >= 4 is 17.2 Å². The van der Waals surface area contributed by atoms with Crippen LogP contribution in [0.2, 0.25) is 0 Å². The van der Waals surface area contributed by atoms with Gasteiger partial charge in [0.25, 0.3) is 0 Å². The topological polar surface area (TPSA) is 56.7 Å². The number of allylic oxidation sites excluding steroid dienone is 1. The van der Waals surface area contributed by atoms with Crippen LogP contribution in [0.5, 0.6) is 0 Å². The van der Waals surface area contributed by atoms with E-state index in [-0.39, 0.29) is 17.4 Å². The SMILES string of the molecule is O=C(CC1=CCCC1)N1CCC[C@@]2(CN(Cc3cncs3)CC[C@H]2O)C1. The van der Waals surface area contributed by atoms with Crippen LogP contribution in [-0.2, 0) is 11.3 Å². The van der Waals surface area contributed by atoms with E-state index >= 15 is 0 Å². The van der Waals surface area contributed by atoms with E-state index in [1.54, 1.807) is 11.3 Å². The highest BCUT2D eigenvalue weighted by atomic mass is 32.1. The van der Waals surface area contributed by atoms with Gasteiger partial charge in [-0.2, -0.15) is 0 Å². The lowest BCUT2D eigenvalue weighted by molar-refractivity contribution is -0.140. The molecule has 1 aliphatic carbocycles. The summed E-state index contributed by atoms with van der Waals surface area (Å²) in [4.78, 5) is 22.7. The summed E-state index contributed by atoms with van der Waals surface area (Å²) < 4.78 is 0. The van der Waals surface area contributed by atoms with Gasteiger partial charge in [0.2, 0.25) is 5.91 Å². The van der Waals surface area contributed by atoms with Crippen LogP contribution in [0.3, 0.4) is 0 Å². The summed E-state index contributed by atoms with van der Waals surface area (Å²) in [5, 5.41) is 10.8. The number of nitrogens with zero attached hydrogens (tertiary/aromatic N) is 3. The Kier molecular flexibility index (Phi) is 5.43. The van der Waals surface area contributed by atoms with Gasteiger partial charge in [-0.1, -0.05) is 11.6 Å². The molecule has 0 unspecified atom stereocenters. The maximum absolute atomic E-state index is 12.8. The van der Waals surface area contributed by atoms with E-state index in [0.29, 0.717) is 13.0 Å². The summed E-state index contributed by atoms with van der Waals surface area (Å²) in [5.74, 6) is 0.254. The molecule has 1 aromatic rings. The molecule has 26 heavy (non-hydrogen) atoms. The Bertz CT molecular complexity index is 660. The lowest BCUT2D eigenvalue weighted by atomic mass is 9.71. The monoisotopic (exact) mass is 375 g/mol. The molecule has 142 valence electrons. The number of aromatic nitrogens is 1. The number of rotatable bonds is 4. The zero-order valence-corrected chi connectivity index (χ0v) is 16.2. The fraction of sp³-hybridized carbons (Fsp3) is 0.700. The Morgan fingerprint density at radius 3 is 3.04 bits per heavy atom. The molecule has 4 rings (SSSR count). The average Bonchev–Trinajstić information content (AvgIpc) is 3.33. The summed E-state index contributed by atoms with van der Waals surface area (Å²) in [6.45, 7) is 4.25. The summed E-state index contributed by atoms with van der Waals surface area (Å²) in [7, 11) is 0. The molecule has 3 aliphatic rings. The molecule has 0 radical (unpaired) electrons. The fourth-order valence-electron chi connectivity index (χ4n) is 4.89. The Hall–Kier alpha value is -1.24. The Labute approximate surface area is 159 Å². The van der Waals surface area contributed by atoms with E-state index in [9.17, 15) is 9.90 Å². The molecule has 1 N–H and O–H groups in total. The number of aliphatic hydroxyl groups excluding tert-OH is 1. The van der Waals surface area contributed by atoms with Crippen LogP contribution in [0.1, 0.15) is 49.8 Å². The third kappa shape index (κ3) is 3.87. The summed E-state index contributed by atoms with van der Waals surface area (Å²) in [5.41, 5.74) is 3.02. The van der Waals surface area contributed by atoms with Gasteiger partial charge in [0.15, 0.2) is 0 Å². The number of hydrogen-bond donors (Lipinski definition) is 1. The van der Waals surface area contributed by atoms with Crippen molar-refractivity contribution in [3.63, 3.8) is 0 Å². The van der Waals surface area contributed by atoms with E-state index < -0.39 is 0 Å². The van der Waals surface area contributed by atoms with Gasteiger partial charge in [0.1, 0.15) is 0 Å². The van der Waals surface area contributed by atoms with Crippen LogP contribution >= 0.6 is 11.3 Å². The minimum atomic E-state index is -0.304.